The van der Waals surface area contributed by atoms with Crippen molar-refractivity contribution in [3.05, 3.63) is 59.7 Å². The first-order valence-electron chi connectivity index (χ1n) is 7.61. The molecule has 1 unspecified atom stereocenters. The van der Waals surface area contributed by atoms with Gasteiger partial charge in [0.1, 0.15) is 11.5 Å². The molecule has 1 amide bonds. The number of likely N-dealkylation sites (N-methyl/N-ethyl adjacent to an activating group) is 1. The molecule has 0 bridgehead atoms. The van der Waals surface area contributed by atoms with Crippen molar-refractivity contribution in [1.29, 1.82) is 0 Å². The Morgan fingerprint density at radius 2 is 1.91 bits per heavy atom. The number of carbonyl (C=O) groups excluding carboxylic acids is 1. The molecule has 0 saturated heterocycles. The van der Waals surface area contributed by atoms with E-state index < -0.39 is 6.10 Å². The van der Waals surface area contributed by atoms with E-state index in [9.17, 15) is 4.79 Å². The van der Waals surface area contributed by atoms with Gasteiger partial charge in [-0.1, -0.05) is 30.3 Å². The van der Waals surface area contributed by atoms with Crippen LogP contribution in [0.15, 0.2) is 48.5 Å². The van der Waals surface area contributed by atoms with Crippen molar-refractivity contribution < 1.29 is 14.3 Å². The molecule has 0 saturated carbocycles. The summed E-state index contributed by atoms with van der Waals surface area (Å²) in [5, 5.41) is 0. The summed E-state index contributed by atoms with van der Waals surface area (Å²) in [5.41, 5.74) is 2.07. The molecule has 0 N–H and O–H groups in total. The highest BCUT2D eigenvalue weighted by molar-refractivity contribution is 5.80. The Morgan fingerprint density at radius 3 is 2.61 bits per heavy atom. The van der Waals surface area contributed by atoms with Crippen LogP contribution in [0.3, 0.4) is 0 Å². The normalized spacial score (nSPS) is 11.7. The zero-order valence-corrected chi connectivity index (χ0v) is 14.1. The molecule has 122 valence electrons. The number of hydrogen-bond acceptors (Lipinski definition) is 3. The van der Waals surface area contributed by atoms with Crippen molar-refractivity contribution in [3.8, 4) is 11.5 Å². The molecule has 2 rings (SSSR count). The second kappa shape index (κ2) is 7.68. The van der Waals surface area contributed by atoms with Crippen molar-refractivity contribution in [3.63, 3.8) is 0 Å². The topological polar surface area (TPSA) is 38.8 Å². The molecule has 2 aromatic rings. The predicted octanol–water partition coefficient (Wildman–Crippen LogP) is 3.43. The lowest BCUT2D eigenvalue weighted by molar-refractivity contribution is -0.137. The van der Waals surface area contributed by atoms with Gasteiger partial charge in [0.15, 0.2) is 6.10 Å². The van der Waals surface area contributed by atoms with Crippen LogP contribution in [0.5, 0.6) is 11.5 Å². The molecule has 4 nitrogen and oxygen atoms in total. The van der Waals surface area contributed by atoms with Gasteiger partial charge in [0, 0.05) is 19.2 Å². The van der Waals surface area contributed by atoms with Gasteiger partial charge in [0.2, 0.25) is 0 Å². The number of amides is 1. The summed E-state index contributed by atoms with van der Waals surface area (Å²) in [6.07, 6.45) is -0.545. The number of para-hydroxylation sites is 1. The average molecular weight is 313 g/mol. The van der Waals surface area contributed by atoms with Gasteiger partial charge in [-0.3, -0.25) is 4.79 Å². The lowest BCUT2D eigenvalue weighted by atomic mass is 10.2. The van der Waals surface area contributed by atoms with Crippen LogP contribution in [0.4, 0.5) is 0 Å². The second-order valence-electron chi connectivity index (χ2n) is 5.58. The van der Waals surface area contributed by atoms with E-state index in [4.69, 9.17) is 9.47 Å². The maximum Gasteiger partial charge on any atom is 0.263 e. The molecule has 0 aliphatic heterocycles. The Hall–Kier alpha value is -2.49. The van der Waals surface area contributed by atoms with Crippen molar-refractivity contribution >= 4 is 5.91 Å². The Kier molecular flexibility index (Phi) is 5.63. The number of rotatable bonds is 6. The molecule has 1 atom stereocenters. The fourth-order valence-electron chi connectivity index (χ4n) is 2.42. The van der Waals surface area contributed by atoms with Crippen LogP contribution < -0.4 is 9.47 Å². The molecular weight excluding hydrogens is 290 g/mol. The lowest BCUT2D eigenvalue weighted by Gasteiger charge is -2.23. The van der Waals surface area contributed by atoms with E-state index >= 15 is 0 Å². The maximum atomic E-state index is 12.5. The zero-order chi connectivity index (χ0) is 16.8. The minimum atomic E-state index is -0.545. The van der Waals surface area contributed by atoms with E-state index in [1.807, 2.05) is 55.5 Å². The van der Waals surface area contributed by atoms with Crippen LogP contribution >= 0.6 is 0 Å². The highest BCUT2D eigenvalue weighted by atomic mass is 16.5. The smallest absolute Gasteiger partial charge is 0.263 e. The minimum absolute atomic E-state index is 0.0718. The quantitative estimate of drug-likeness (QED) is 0.820. The first-order valence-corrected chi connectivity index (χ1v) is 7.61. The largest absolute Gasteiger partial charge is 0.496 e. The van der Waals surface area contributed by atoms with Crippen molar-refractivity contribution in [2.45, 2.75) is 26.5 Å². The van der Waals surface area contributed by atoms with Gasteiger partial charge in [0.05, 0.1) is 7.11 Å². The Balaban J connectivity index is 2.01. The van der Waals surface area contributed by atoms with Gasteiger partial charge >= 0.3 is 0 Å². The molecule has 4 heteroatoms. The number of ether oxygens (including phenoxy) is 2. The van der Waals surface area contributed by atoms with Crippen LogP contribution in [0, 0.1) is 6.92 Å². The van der Waals surface area contributed by atoms with E-state index in [-0.39, 0.29) is 5.91 Å². The number of carbonyl (C=O) groups is 1. The number of aryl methyl sites for hydroxylation is 1. The van der Waals surface area contributed by atoms with Crippen molar-refractivity contribution in [1.82, 2.24) is 4.90 Å². The molecule has 0 spiro atoms. The fraction of sp³-hybridized carbons (Fsp3) is 0.316. The molecule has 0 fully saturated rings. The third kappa shape index (κ3) is 4.49. The highest BCUT2D eigenvalue weighted by Crippen LogP contribution is 2.20. The summed E-state index contributed by atoms with van der Waals surface area (Å²) in [4.78, 5) is 14.1. The van der Waals surface area contributed by atoms with Gasteiger partial charge in [0.25, 0.3) is 5.91 Å². The fourth-order valence-corrected chi connectivity index (χ4v) is 2.42. The van der Waals surface area contributed by atoms with Crippen LogP contribution in [-0.4, -0.2) is 31.1 Å². The van der Waals surface area contributed by atoms with E-state index in [2.05, 4.69) is 0 Å². The molecule has 23 heavy (non-hydrogen) atoms. The van der Waals surface area contributed by atoms with Crippen molar-refractivity contribution in [2.24, 2.45) is 0 Å². The molecule has 2 aromatic carbocycles. The van der Waals surface area contributed by atoms with Gasteiger partial charge in [-0.25, -0.2) is 0 Å². The van der Waals surface area contributed by atoms with E-state index in [1.54, 1.807) is 26.0 Å². The summed E-state index contributed by atoms with van der Waals surface area (Å²) in [5.74, 6) is 1.41. The molecule has 0 heterocycles. The number of nitrogens with zero attached hydrogens (tertiary/aromatic N) is 1. The second-order valence-corrected chi connectivity index (χ2v) is 5.58. The van der Waals surface area contributed by atoms with Gasteiger partial charge in [-0.05, 0) is 37.6 Å². The van der Waals surface area contributed by atoms with E-state index in [1.165, 1.54) is 0 Å². The number of benzene rings is 2. The summed E-state index contributed by atoms with van der Waals surface area (Å²) in [6, 6.07) is 15.4. The third-order valence-electron chi connectivity index (χ3n) is 3.63. The predicted molar refractivity (Wildman–Crippen MR) is 90.7 cm³/mol. The number of methoxy groups -OCH3 is 1. The molecular formula is C19H23NO3. The van der Waals surface area contributed by atoms with Gasteiger partial charge in [-0.15, -0.1) is 0 Å². The van der Waals surface area contributed by atoms with Gasteiger partial charge < -0.3 is 14.4 Å². The molecule has 0 aliphatic carbocycles. The van der Waals surface area contributed by atoms with E-state index in [0.29, 0.717) is 12.3 Å². The first kappa shape index (κ1) is 16.9. The summed E-state index contributed by atoms with van der Waals surface area (Å²) >= 11 is 0. The van der Waals surface area contributed by atoms with Crippen LogP contribution in [-0.2, 0) is 11.3 Å². The number of hydrogen-bond donors (Lipinski definition) is 0. The Bertz CT molecular complexity index is 669. The average Bonchev–Trinajstić information content (AvgIpc) is 2.54. The van der Waals surface area contributed by atoms with E-state index in [0.717, 1.165) is 16.9 Å². The first-order chi connectivity index (χ1) is 11.0. The summed E-state index contributed by atoms with van der Waals surface area (Å²) < 4.78 is 11.1. The third-order valence-corrected chi connectivity index (χ3v) is 3.63. The monoisotopic (exact) mass is 313 g/mol. The molecule has 0 aromatic heterocycles. The van der Waals surface area contributed by atoms with Crippen LogP contribution in [0.25, 0.3) is 0 Å². The lowest BCUT2D eigenvalue weighted by Crippen LogP contribution is -2.37. The molecule has 0 aliphatic rings. The SMILES string of the molecule is COc1ccccc1CN(C)C(=O)C(C)Oc1cccc(C)c1. The Labute approximate surface area is 137 Å². The highest BCUT2D eigenvalue weighted by Gasteiger charge is 2.20. The standard InChI is InChI=1S/C19H23NO3/c1-14-8-7-10-17(12-14)23-15(2)19(21)20(3)13-16-9-5-6-11-18(16)22-4/h5-12,15H,13H2,1-4H3. The maximum absolute atomic E-state index is 12.5. The zero-order valence-electron chi connectivity index (χ0n) is 14.1. The summed E-state index contributed by atoms with van der Waals surface area (Å²) in [7, 11) is 3.40. The van der Waals surface area contributed by atoms with Crippen LogP contribution in [0.2, 0.25) is 0 Å². The van der Waals surface area contributed by atoms with Crippen molar-refractivity contribution in [2.75, 3.05) is 14.2 Å². The molecule has 0 radical (unpaired) electrons. The minimum Gasteiger partial charge on any atom is -0.496 e. The Morgan fingerprint density at radius 1 is 1.17 bits per heavy atom. The van der Waals surface area contributed by atoms with Crippen LogP contribution in [0.1, 0.15) is 18.1 Å². The van der Waals surface area contributed by atoms with Gasteiger partial charge in [-0.2, -0.15) is 0 Å². The summed E-state index contributed by atoms with van der Waals surface area (Å²) in [6.45, 7) is 4.24.